The maximum absolute atomic E-state index is 12.4. The Morgan fingerprint density at radius 3 is 2.63 bits per heavy atom. The molecule has 8 heteroatoms. The molecule has 2 aliphatic heterocycles. The second-order valence-corrected chi connectivity index (χ2v) is 6.78. The van der Waals surface area contributed by atoms with Crippen LogP contribution in [0.3, 0.4) is 0 Å². The van der Waals surface area contributed by atoms with Gasteiger partial charge in [-0.15, -0.1) is 0 Å². The fourth-order valence-corrected chi connectivity index (χ4v) is 3.46. The minimum absolute atomic E-state index is 0.110. The lowest BCUT2D eigenvalue weighted by molar-refractivity contribution is -0.142. The summed E-state index contributed by atoms with van der Waals surface area (Å²) in [5, 5.41) is 3.32. The van der Waals surface area contributed by atoms with Gasteiger partial charge in [-0.05, 0) is 30.5 Å². The van der Waals surface area contributed by atoms with E-state index in [0.717, 1.165) is 37.5 Å². The van der Waals surface area contributed by atoms with Crippen LogP contribution in [-0.4, -0.2) is 73.5 Å². The van der Waals surface area contributed by atoms with Crippen LogP contribution in [0.15, 0.2) is 29.3 Å². The molecule has 1 aromatic carbocycles. The van der Waals surface area contributed by atoms with Gasteiger partial charge in [0.1, 0.15) is 6.10 Å². The molecular formula is C19H27N5O3. The van der Waals surface area contributed by atoms with Gasteiger partial charge in [0.15, 0.2) is 5.96 Å². The quantitative estimate of drug-likeness (QED) is 0.579. The molecule has 2 amide bonds. The standard InChI is InChI=1S/C19H27N5O3/c1-21-19(22-13-14-4-2-5-15(12-14)17(20)25)24-9-7-23(8-10-24)18(26)16-6-3-11-27-16/h2,4-5,12,16H,3,6-11,13H2,1H3,(H2,20,25)(H,21,22). The maximum atomic E-state index is 12.4. The molecule has 2 heterocycles. The number of ether oxygens (including phenoxy) is 1. The number of nitrogens with two attached hydrogens (primary N) is 1. The Kier molecular flexibility index (Phi) is 6.28. The highest BCUT2D eigenvalue weighted by molar-refractivity contribution is 5.92. The van der Waals surface area contributed by atoms with Crippen LogP contribution in [0.4, 0.5) is 0 Å². The van der Waals surface area contributed by atoms with Gasteiger partial charge in [-0.2, -0.15) is 0 Å². The van der Waals surface area contributed by atoms with Crippen LogP contribution >= 0.6 is 0 Å². The van der Waals surface area contributed by atoms with E-state index < -0.39 is 5.91 Å². The first-order valence-electron chi connectivity index (χ1n) is 9.33. The predicted molar refractivity (Wildman–Crippen MR) is 102 cm³/mol. The highest BCUT2D eigenvalue weighted by Gasteiger charge is 2.30. The lowest BCUT2D eigenvalue weighted by atomic mass is 10.1. The molecule has 1 atom stereocenters. The first kappa shape index (κ1) is 19.2. The number of nitrogens with one attached hydrogen (secondary N) is 1. The van der Waals surface area contributed by atoms with Gasteiger partial charge in [0.05, 0.1) is 0 Å². The van der Waals surface area contributed by atoms with Crippen LogP contribution in [-0.2, 0) is 16.1 Å². The highest BCUT2D eigenvalue weighted by Crippen LogP contribution is 2.16. The number of aliphatic imine (C=N–C) groups is 1. The zero-order valence-corrected chi connectivity index (χ0v) is 15.7. The Morgan fingerprint density at radius 2 is 2.00 bits per heavy atom. The molecule has 0 spiro atoms. The van der Waals surface area contributed by atoms with Crippen molar-refractivity contribution < 1.29 is 14.3 Å². The molecular weight excluding hydrogens is 346 g/mol. The molecule has 0 aromatic heterocycles. The monoisotopic (exact) mass is 373 g/mol. The van der Waals surface area contributed by atoms with E-state index in [1.54, 1.807) is 19.2 Å². The third-order valence-electron chi connectivity index (χ3n) is 4.97. The van der Waals surface area contributed by atoms with E-state index in [1.165, 1.54) is 0 Å². The smallest absolute Gasteiger partial charge is 0.251 e. The zero-order valence-electron chi connectivity index (χ0n) is 15.7. The number of nitrogens with zero attached hydrogens (tertiary/aromatic N) is 3. The van der Waals surface area contributed by atoms with Crippen LogP contribution in [0.5, 0.6) is 0 Å². The van der Waals surface area contributed by atoms with Crippen LogP contribution in [0.25, 0.3) is 0 Å². The zero-order chi connectivity index (χ0) is 19.2. The molecule has 2 fully saturated rings. The van der Waals surface area contributed by atoms with Gasteiger partial charge in [-0.1, -0.05) is 12.1 Å². The number of carbonyl (C=O) groups is 2. The average Bonchev–Trinajstić information content (AvgIpc) is 3.23. The molecule has 0 bridgehead atoms. The summed E-state index contributed by atoms with van der Waals surface area (Å²) in [6.07, 6.45) is 1.53. The number of hydrogen-bond donors (Lipinski definition) is 2. The Morgan fingerprint density at radius 1 is 1.26 bits per heavy atom. The van der Waals surface area contributed by atoms with Gasteiger partial charge in [-0.25, -0.2) is 0 Å². The summed E-state index contributed by atoms with van der Waals surface area (Å²) in [4.78, 5) is 32.1. The van der Waals surface area contributed by atoms with Crippen molar-refractivity contribution in [3.8, 4) is 0 Å². The number of hydrogen-bond acceptors (Lipinski definition) is 4. The summed E-state index contributed by atoms with van der Waals surface area (Å²) < 4.78 is 5.50. The summed E-state index contributed by atoms with van der Waals surface area (Å²) >= 11 is 0. The number of carbonyl (C=O) groups excluding carboxylic acids is 2. The van der Waals surface area contributed by atoms with Crippen molar-refractivity contribution in [1.82, 2.24) is 15.1 Å². The topological polar surface area (TPSA) is 100 Å². The van der Waals surface area contributed by atoms with Crippen molar-refractivity contribution in [2.45, 2.75) is 25.5 Å². The van der Waals surface area contributed by atoms with Gasteiger partial charge in [0, 0.05) is 51.9 Å². The predicted octanol–water partition coefficient (Wildman–Crippen LogP) is 0.184. The van der Waals surface area contributed by atoms with E-state index in [0.29, 0.717) is 31.8 Å². The fourth-order valence-electron chi connectivity index (χ4n) is 3.46. The normalized spacial score (nSPS) is 20.6. The van der Waals surface area contributed by atoms with Gasteiger partial charge in [0.2, 0.25) is 5.91 Å². The van der Waals surface area contributed by atoms with Gasteiger partial charge >= 0.3 is 0 Å². The first-order valence-corrected chi connectivity index (χ1v) is 9.33. The minimum Gasteiger partial charge on any atom is -0.368 e. The Labute approximate surface area is 159 Å². The third kappa shape index (κ3) is 4.77. The minimum atomic E-state index is -0.437. The molecule has 2 saturated heterocycles. The van der Waals surface area contributed by atoms with E-state index >= 15 is 0 Å². The number of benzene rings is 1. The van der Waals surface area contributed by atoms with Gasteiger partial charge < -0.3 is 25.6 Å². The molecule has 0 aliphatic carbocycles. The number of guanidine groups is 1. The van der Waals surface area contributed by atoms with Crippen molar-refractivity contribution in [2.75, 3.05) is 39.8 Å². The second kappa shape index (κ2) is 8.85. The Balaban J connectivity index is 1.51. The van der Waals surface area contributed by atoms with E-state index in [-0.39, 0.29) is 12.0 Å². The van der Waals surface area contributed by atoms with Crippen LogP contribution in [0.2, 0.25) is 0 Å². The first-order chi connectivity index (χ1) is 13.1. The summed E-state index contributed by atoms with van der Waals surface area (Å²) in [5.74, 6) is 0.454. The number of primary amides is 1. The summed E-state index contributed by atoms with van der Waals surface area (Å²) in [5.41, 5.74) is 6.78. The number of rotatable bonds is 4. The SMILES string of the molecule is CN=C(NCc1cccc(C(N)=O)c1)N1CCN(C(=O)C2CCCO2)CC1. The lowest BCUT2D eigenvalue weighted by Crippen LogP contribution is -2.55. The molecule has 146 valence electrons. The average molecular weight is 373 g/mol. The van der Waals surface area contributed by atoms with Crippen LogP contribution in [0.1, 0.15) is 28.8 Å². The van der Waals surface area contributed by atoms with Crippen molar-refractivity contribution in [3.05, 3.63) is 35.4 Å². The molecule has 3 rings (SSSR count). The fraction of sp³-hybridized carbons (Fsp3) is 0.526. The lowest BCUT2D eigenvalue weighted by Gasteiger charge is -2.37. The summed E-state index contributed by atoms with van der Waals surface area (Å²) in [6.45, 7) is 4.00. The van der Waals surface area contributed by atoms with Gasteiger partial charge in [-0.3, -0.25) is 14.6 Å². The van der Waals surface area contributed by atoms with E-state index in [2.05, 4.69) is 15.2 Å². The van der Waals surface area contributed by atoms with Crippen LogP contribution < -0.4 is 11.1 Å². The maximum Gasteiger partial charge on any atom is 0.251 e. The Bertz CT molecular complexity index is 707. The summed E-state index contributed by atoms with van der Waals surface area (Å²) in [6, 6.07) is 7.23. The van der Waals surface area contributed by atoms with Gasteiger partial charge in [0.25, 0.3) is 5.91 Å². The van der Waals surface area contributed by atoms with E-state index in [4.69, 9.17) is 10.5 Å². The molecule has 2 aliphatic rings. The highest BCUT2D eigenvalue weighted by atomic mass is 16.5. The van der Waals surface area contributed by atoms with E-state index in [1.807, 2.05) is 17.0 Å². The third-order valence-corrected chi connectivity index (χ3v) is 4.97. The summed E-state index contributed by atoms with van der Waals surface area (Å²) in [7, 11) is 1.74. The number of piperazine rings is 1. The molecule has 1 unspecified atom stereocenters. The van der Waals surface area contributed by atoms with E-state index in [9.17, 15) is 9.59 Å². The van der Waals surface area contributed by atoms with Crippen molar-refractivity contribution in [3.63, 3.8) is 0 Å². The largest absolute Gasteiger partial charge is 0.368 e. The molecule has 1 aromatic rings. The molecule has 0 radical (unpaired) electrons. The Hall–Kier alpha value is -2.61. The van der Waals surface area contributed by atoms with Crippen molar-refractivity contribution >= 4 is 17.8 Å². The second-order valence-electron chi connectivity index (χ2n) is 6.78. The number of amides is 2. The van der Waals surface area contributed by atoms with Crippen molar-refractivity contribution in [1.29, 1.82) is 0 Å². The molecule has 3 N–H and O–H groups in total. The van der Waals surface area contributed by atoms with Crippen LogP contribution in [0, 0.1) is 0 Å². The molecule has 8 nitrogen and oxygen atoms in total. The molecule has 27 heavy (non-hydrogen) atoms. The molecule has 0 saturated carbocycles. The van der Waals surface area contributed by atoms with Crippen molar-refractivity contribution in [2.24, 2.45) is 10.7 Å².